The monoisotopic (exact) mass is 300 g/mol. The van der Waals surface area contributed by atoms with Gasteiger partial charge >= 0.3 is 0 Å². The fraction of sp³-hybridized carbons (Fsp3) is 0.462. The number of hydrogen-bond donors (Lipinski definition) is 0. The smallest absolute Gasteiger partial charge is 0.175 e. The lowest BCUT2D eigenvalue weighted by atomic mass is 9.99. The predicted molar refractivity (Wildman–Crippen MR) is 71.0 cm³/mol. The Morgan fingerprint density at radius 1 is 1.29 bits per heavy atom. The van der Waals surface area contributed by atoms with Gasteiger partial charge in [-0.2, -0.15) is 0 Å². The molecule has 0 aliphatic heterocycles. The van der Waals surface area contributed by atoms with Gasteiger partial charge in [0, 0.05) is 12.0 Å². The van der Waals surface area contributed by atoms with E-state index in [-0.39, 0.29) is 5.78 Å². The summed E-state index contributed by atoms with van der Waals surface area (Å²) in [6.07, 6.45) is 1.22. The van der Waals surface area contributed by atoms with Crippen molar-refractivity contribution in [2.75, 3.05) is 14.2 Å². The lowest BCUT2D eigenvalue weighted by Crippen LogP contribution is -2.05. The molecule has 0 radical (unpaired) electrons. The lowest BCUT2D eigenvalue weighted by molar-refractivity contribution is -0.116. The summed E-state index contributed by atoms with van der Waals surface area (Å²) in [5, 5.41) is 0. The molecule has 1 rings (SSSR count). The van der Waals surface area contributed by atoms with Gasteiger partial charge in [-0.15, -0.1) is 0 Å². The molecule has 0 unspecified atom stereocenters. The maximum atomic E-state index is 11.3. The van der Waals surface area contributed by atoms with Crippen molar-refractivity contribution in [1.29, 1.82) is 0 Å². The number of rotatable bonds is 5. The van der Waals surface area contributed by atoms with E-state index in [1.165, 1.54) is 0 Å². The van der Waals surface area contributed by atoms with Crippen molar-refractivity contribution < 1.29 is 14.3 Å². The van der Waals surface area contributed by atoms with Crippen LogP contribution in [-0.4, -0.2) is 20.0 Å². The van der Waals surface area contributed by atoms with E-state index >= 15 is 0 Å². The molecule has 0 spiro atoms. The van der Waals surface area contributed by atoms with Crippen LogP contribution in [-0.2, 0) is 17.6 Å². The van der Waals surface area contributed by atoms with Crippen molar-refractivity contribution >= 4 is 21.7 Å². The van der Waals surface area contributed by atoms with Crippen LogP contribution in [0.15, 0.2) is 10.5 Å². The maximum Gasteiger partial charge on any atom is 0.175 e. The first-order valence-corrected chi connectivity index (χ1v) is 6.26. The van der Waals surface area contributed by atoms with Crippen LogP contribution in [0.4, 0.5) is 0 Å². The first-order valence-electron chi connectivity index (χ1n) is 5.46. The molecule has 0 bridgehead atoms. The third-order valence-electron chi connectivity index (χ3n) is 2.59. The van der Waals surface area contributed by atoms with Gasteiger partial charge in [-0.1, -0.05) is 6.92 Å². The molecular weight excluding hydrogens is 284 g/mol. The average molecular weight is 301 g/mol. The van der Waals surface area contributed by atoms with E-state index in [0.717, 1.165) is 22.0 Å². The lowest BCUT2D eigenvalue weighted by Gasteiger charge is -2.17. The molecule has 0 saturated heterocycles. The van der Waals surface area contributed by atoms with Gasteiger partial charge < -0.3 is 9.47 Å². The van der Waals surface area contributed by atoms with Crippen LogP contribution >= 0.6 is 15.9 Å². The van der Waals surface area contributed by atoms with Gasteiger partial charge in [0.2, 0.25) is 0 Å². The highest BCUT2D eigenvalue weighted by Crippen LogP contribution is 2.40. The molecule has 0 saturated carbocycles. The number of hydrogen-bond acceptors (Lipinski definition) is 3. The van der Waals surface area contributed by atoms with Crippen LogP contribution in [0.5, 0.6) is 11.5 Å². The number of benzene rings is 1. The molecule has 3 nitrogen and oxygen atoms in total. The Morgan fingerprint density at radius 2 is 1.88 bits per heavy atom. The van der Waals surface area contributed by atoms with E-state index in [1.54, 1.807) is 21.1 Å². The molecule has 1 aromatic rings. The average Bonchev–Trinajstić information content (AvgIpc) is 2.27. The first-order chi connectivity index (χ1) is 8.04. The molecule has 0 heterocycles. The van der Waals surface area contributed by atoms with Crippen LogP contribution < -0.4 is 9.47 Å². The summed E-state index contributed by atoms with van der Waals surface area (Å²) in [4.78, 5) is 11.3. The first kappa shape index (κ1) is 14.0. The Labute approximate surface area is 110 Å². The summed E-state index contributed by atoms with van der Waals surface area (Å²) in [5.74, 6) is 1.52. The normalized spacial score (nSPS) is 10.2. The van der Waals surface area contributed by atoms with Gasteiger partial charge in [-0.3, -0.25) is 4.79 Å². The van der Waals surface area contributed by atoms with E-state index in [1.807, 2.05) is 13.0 Å². The van der Waals surface area contributed by atoms with E-state index in [9.17, 15) is 4.79 Å². The fourth-order valence-corrected chi connectivity index (χ4v) is 2.53. The molecule has 0 atom stereocenters. The summed E-state index contributed by atoms with van der Waals surface area (Å²) < 4.78 is 11.5. The third kappa shape index (κ3) is 3.00. The van der Waals surface area contributed by atoms with Crippen LogP contribution in [0.1, 0.15) is 25.0 Å². The number of ketones is 1. The minimum absolute atomic E-state index is 0.138. The van der Waals surface area contributed by atoms with Crippen molar-refractivity contribution in [1.82, 2.24) is 0 Å². The number of Topliss-reactive ketones (excluding diaryl/α,β-unsaturated/α-hetero) is 1. The zero-order valence-electron chi connectivity index (χ0n) is 10.6. The molecule has 4 heteroatoms. The van der Waals surface area contributed by atoms with Crippen molar-refractivity contribution in [2.24, 2.45) is 0 Å². The molecule has 94 valence electrons. The molecule has 0 amide bonds. The Balaban J connectivity index is 3.41. The van der Waals surface area contributed by atoms with Crippen molar-refractivity contribution in [3.63, 3.8) is 0 Å². The number of ether oxygens (including phenoxy) is 2. The largest absolute Gasteiger partial charge is 0.493 e. The van der Waals surface area contributed by atoms with Gasteiger partial charge in [-0.25, -0.2) is 0 Å². The highest BCUT2D eigenvalue weighted by Gasteiger charge is 2.18. The van der Waals surface area contributed by atoms with E-state index in [2.05, 4.69) is 15.9 Å². The highest BCUT2D eigenvalue weighted by atomic mass is 79.9. The van der Waals surface area contributed by atoms with Gasteiger partial charge in [0.25, 0.3) is 0 Å². The SMILES string of the molecule is CCc1c(CC(C)=O)cc(Br)c(OC)c1OC. The van der Waals surface area contributed by atoms with E-state index in [4.69, 9.17) is 9.47 Å². The second-order valence-corrected chi connectivity index (χ2v) is 4.65. The Hall–Kier alpha value is -1.03. The summed E-state index contributed by atoms with van der Waals surface area (Å²) >= 11 is 3.44. The number of carbonyl (C=O) groups excluding carboxylic acids is 1. The molecule has 0 aliphatic rings. The van der Waals surface area contributed by atoms with Crippen LogP contribution in [0, 0.1) is 0 Å². The zero-order valence-corrected chi connectivity index (χ0v) is 12.2. The number of halogens is 1. The van der Waals surface area contributed by atoms with E-state index in [0.29, 0.717) is 17.9 Å². The summed E-state index contributed by atoms with van der Waals surface area (Å²) in [7, 11) is 3.22. The third-order valence-corrected chi connectivity index (χ3v) is 3.18. The molecule has 0 fully saturated rings. The van der Waals surface area contributed by atoms with Crippen LogP contribution in [0.25, 0.3) is 0 Å². The highest BCUT2D eigenvalue weighted by molar-refractivity contribution is 9.10. The second-order valence-electron chi connectivity index (χ2n) is 3.79. The topological polar surface area (TPSA) is 35.5 Å². The Bertz CT molecular complexity index is 427. The fourth-order valence-electron chi connectivity index (χ4n) is 1.92. The van der Waals surface area contributed by atoms with Crippen molar-refractivity contribution in [3.05, 3.63) is 21.7 Å². The van der Waals surface area contributed by atoms with Crippen molar-refractivity contribution in [3.8, 4) is 11.5 Å². The molecule has 17 heavy (non-hydrogen) atoms. The minimum Gasteiger partial charge on any atom is -0.493 e. The zero-order chi connectivity index (χ0) is 13.0. The molecule has 0 aliphatic carbocycles. The molecule has 1 aromatic carbocycles. The van der Waals surface area contributed by atoms with Crippen molar-refractivity contribution in [2.45, 2.75) is 26.7 Å². The predicted octanol–water partition coefficient (Wildman–Crippen LogP) is 3.16. The van der Waals surface area contributed by atoms with E-state index < -0.39 is 0 Å². The quantitative estimate of drug-likeness (QED) is 0.838. The summed E-state index contributed by atoms with van der Waals surface area (Å²) in [6.45, 7) is 3.62. The van der Waals surface area contributed by atoms with Gasteiger partial charge in [0.05, 0.1) is 18.7 Å². The minimum atomic E-state index is 0.138. The summed E-state index contributed by atoms with van der Waals surface area (Å²) in [6, 6.07) is 1.93. The van der Waals surface area contributed by atoms with Gasteiger partial charge in [0.1, 0.15) is 5.78 Å². The Kier molecular flexibility index (Phi) is 5.00. The number of carbonyl (C=O) groups is 1. The second kappa shape index (κ2) is 6.05. The number of methoxy groups -OCH3 is 2. The van der Waals surface area contributed by atoms with Crippen LogP contribution in [0.3, 0.4) is 0 Å². The summed E-state index contributed by atoms with van der Waals surface area (Å²) in [5.41, 5.74) is 2.02. The standard InChI is InChI=1S/C13H17BrO3/c1-5-10-9(6-8(2)15)7-11(14)13(17-4)12(10)16-3/h7H,5-6H2,1-4H3. The molecule has 0 aromatic heterocycles. The molecule has 0 N–H and O–H groups in total. The molecular formula is C13H17BrO3. The van der Waals surface area contributed by atoms with Gasteiger partial charge in [0.15, 0.2) is 11.5 Å². The Morgan fingerprint density at radius 3 is 2.29 bits per heavy atom. The van der Waals surface area contributed by atoms with Crippen LogP contribution in [0.2, 0.25) is 0 Å². The van der Waals surface area contributed by atoms with Gasteiger partial charge in [-0.05, 0) is 40.9 Å². The maximum absolute atomic E-state index is 11.3.